The predicted molar refractivity (Wildman–Crippen MR) is 68.1 cm³/mol. The summed E-state index contributed by atoms with van der Waals surface area (Å²) in [6.45, 7) is 5.32. The minimum absolute atomic E-state index is 0.639. The van der Waals surface area contributed by atoms with E-state index < -0.39 is 0 Å². The van der Waals surface area contributed by atoms with Gasteiger partial charge in [0.2, 0.25) is 0 Å². The third-order valence-corrected chi connectivity index (χ3v) is 3.58. The highest BCUT2D eigenvalue weighted by Gasteiger charge is 2.17. The van der Waals surface area contributed by atoms with E-state index >= 15 is 0 Å². The zero-order chi connectivity index (χ0) is 11.4. The molecule has 1 aromatic carbocycles. The smallest absolute Gasteiger partial charge is 0.0236 e. The van der Waals surface area contributed by atoms with E-state index in [1.165, 1.54) is 36.9 Å². The summed E-state index contributed by atoms with van der Waals surface area (Å²) in [5, 5.41) is 0. The van der Waals surface area contributed by atoms with Gasteiger partial charge >= 0.3 is 0 Å². The number of rotatable bonds is 3. The summed E-state index contributed by atoms with van der Waals surface area (Å²) in [5.74, 6) is 0. The Bertz CT molecular complexity index is 318. The molecule has 2 rings (SSSR count). The van der Waals surface area contributed by atoms with Gasteiger partial charge in [-0.05, 0) is 37.4 Å². The first-order chi connectivity index (χ1) is 7.79. The molecule has 0 bridgehead atoms. The summed E-state index contributed by atoms with van der Waals surface area (Å²) >= 11 is 0. The minimum Gasteiger partial charge on any atom is -0.326 e. The number of nitrogens with two attached hydrogens (primary N) is 1. The normalized spacial score (nSPS) is 22.2. The second-order valence-electron chi connectivity index (χ2n) is 4.84. The Morgan fingerprint density at radius 3 is 2.50 bits per heavy atom. The lowest BCUT2D eigenvalue weighted by Crippen LogP contribution is -2.36. The molecule has 88 valence electrons. The first-order valence-corrected chi connectivity index (χ1v) is 6.31. The molecule has 1 heterocycles. The van der Waals surface area contributed by atoms with E-state index in [-0.39, 0.29) is 0 Å². The van der Waals surface area contributed by atoms with E-state index in [1.54, 1.807) is 0 Å². The van der Waals surface area contributed by atoms with Gasteiger partial charge in [-0.25, -0.2) is 0 Å². The van der Waals surface area contributed by atoms with Crippen LogP contribution in [-0.4, -0.2) is 17.5 Å². The maximum atomic E-state index is 5.60. The van der Waals surface area contributed by atoms with Crippen LogP contribution in [0.3, 0.4) is 0 Å². The average Bonchev–Trinajstić information content (AvgIpc) is 2.33. The van der Waals surface area contributed by atoms with Crippen LogP contribution >= 0.6 is 0 Å². The van der Waals surface area contributed by atoms with Crippen LogP contribution in [0.2, 0.25) is 0 Å². The number of piperidine rings is 1. The molecule has 1 saturated heterocycles. The van der Waals surface area contributed by atoms with Crippen molar-refractivity contribution >= 4 is 0 Å². The SMILES string of the molecule is C[C@@H]1CCCCN1Cc1ccc(CN)cc1. The summed E-state index contributed by atoms with van der Waals surface area (Å²) in [7, 11) is 0. The van der Waals surface area contributed by atoms with Gasteiger partial charge in [0.1, 0.15) is 0 Å². The number of benzene rings is 1. The zero-order valence-corrected chi connectivity index (χ0v) is 10.2. The van der Waals surface area contributed by atoms with Gasteiger partial charge < -0.3 is 5.73 Å². The Morgan fingerprint density at radius 2 is 1.88 bits per heavy atom. The van der Waals surface area contributed by atoms with Crippen molar-refractivity contribution in [1.82, 2.24) is 4.90 Å². The molecular weight excluding hydrogens is 196 g/mol. The quantitative estimate of drug-likeness (QED) is 0.844. The molecule has 2 nitrogen and oxygen atoms in total. The number of likely N-dealkylation sites (tertiary alicyclic amines) is 1. The van der Waals surface area contributed by atoms with Crippen molar-refractivity contribution in [1.29, 1.82) is 0 Å². The molecule has 1 aliphatic heterocycles. The Kier molecular flexibility index (Phi) is 3.97. The first kappa shape index (κ1) is 11.6. The van der Waals surface area contributed by atoms with E-state index in [4.69, 9.17) is 5.73 Å². The van der Waals surface area contributed by atoms with E-state index in [0.717, 1.165) is 12.6 Å². The highest BCUT2D eigenvalue weighted by molar-refractivity contribution is 5.22. The highest BCUT2D eigenvalue weighted by Crippen LogP contribution is 2.19. The molecule has 2 heteroatoms. The van der Waals surface area contributed by atoms with Gasteiger partial charge in [0, 0.05) is 19.1 Å². The Labute approximate surface area is 98.4 Å². The third kappa shape index (κ3) is 2.83. The van der Waals surface area contributed by atoms with E-state index in [9.17, 15) is 0 Å². The molecule has 0 aromatic heterocycles. The van der Waals surface area contributed by atoms with E-state index in [2.05, 4.69) is 36.1 Å². The van der Waals surface area contributed by atoms with Crippen molar-refractivity contribution in [3.8, 4) is 0 Å². The minimum atomic E-state index is 0.639. The molecule has 1 aromatic rings. The van der Waals surface area contributed by atoms with Gasteiger partial charge in [-0.1, -0.05) is 30.7 Å². The summed E-state index contributed by atoms with van der Waals surface area (Å²) < 4.78 is 0. The standard InChI is InChI=1S/C14H22N2/c1-12-4-2-3-9-16(12)11-14-7-5-13(10-15)6-8-14/h5-8,12H,2-4,9-11,15H2,1H3/t12-/m1/s1. The van der Waals surface area contributed by atoms with Gasteiger partial charge in [-0.2, -0.15) is 0 Å². The second kappa shape index (κ2) is 5.46. The summed E-state index contributed by atoms with van der Waals surface area (Å²) in [6.07, 6.45) is 4.09. The molecule has 1 aliphatic rings. The molecule has 0 saturated carbocycles. The van der Waals surface area contributed by atoms with Crippen LogP contribution in [0.25, 0.3) is 0 Å². The lowest BCUT2D eigenvalue weighted by molar-refractivity contribution is 0.152. The van der Waals surface area contributed by atoms with Crippen molar-refractivity contribution in [2.24, 2.45) is 5.73 Å². The molecule has 0 amide bonds. The molecule has 16 heavy (non-hydrogen) atoms. The molecule has 1 fully saturated rings. The zero-order valence-electron chi connectivity index (χ0n) is 10.2. The first-order valence-electron chi connectivity index (χ1n) is 6.31. The van der Waals surface area contributed by atoms with Crippen LogP contribution in [0.5, 0.6) is 0 Å². The third-order valence-electron chi connectivity index (χ3n) is 3.58. The lowest BCUT2D eigenvalue weighted by atomic mass is 10.0. The van der Waals surface area contributed by atoms with E-state index in [1.807, 2.05) is 0 Å². The molecule has 0 aliphatic carbocycles. The van der Waals surface area contributed by atoms with Crippen LogP contribution < -0.4 is 5.73 Å². The fourth-order valence-electron chi connectivity index (χ4n) is 2.41. The van der Waals surface area contributed by atoms with Crippen molar-refractivity contribution in [2.75, 3.05) is 6.54 Å². The van der Waals surface area contributed by atoms with Crippen molar-refractivity contribution in [3.63, 3.8) is 0 Å². The monoisotopic (exact) mass is 218 g/mol. The van der Waals surface area contributed by atoms with Gasteiger partial charge in [0.05, 0.1) is 0 Å². The molecule has 0 radical (unpaired) electrons. The van der Waals surface area contributed by atoms with Gasteiger partial charge in [0.15, 0.2) is 0 Å². The van der Waals surface area contributed by atoms with Crippen molar-refractivity contribution in [2.45, 2.75) is 45.3 Å². The second-order valence-corrected chi connectivity index (χ2v) is 4.84. The fraction of sp³-hybridized carbons (Fsp3) is 0.571. The van der Waals surface area contributed by atoms with Gasteiger partial charge in [-0.3, -0.25) is 4.90 Å². The van der Waals surface area contributed by atoms with Crippen LogP contribution in [0.15, 0.2) is 24.3 Å². The highest BCUT2D eigenvalue weighted by atomic mass is 15.2. The molecule has 2 N–H and O–H groups in total. The topological polar surface area (TPSA) is 29.3 Å². The summed E-state index contributed by atoms with van der Waals surface area (Å²) in [6, 6.07) is 9.45. The maximum absolute atomic E-state index is 5.60. The summed E-state index contributed by atoms with van der Waals surface area (Å²) in [5.41, 5.74) is 8.22. The Balaban J connectivity index is 1.96. The molecule has 0 unspecified atom stereocenters. The molecule has 1 atom stereocenters. The van der Waals surface area contributed by atoms with Crippen molar-refractivity contribution < 1.29 is 0 Å². The number of hydrogen-bond donors (Lipinski definition) is 1. The van der Waals surface area contributed by atoms with Gasteiger partial charge in [0.25, 0.3) is 0 Å². The largest absolute Gasteiger partial charge is 0.326 e. The summed E-state index contributed by atoms with van der Waals surface area (Å²) in [4.78, 5) is 2.58. The van der Waals surface area contributed by atoms with E-state index in [0.29, 0.717) is 6.54 Å². The fourth-order valence-corrected chi connectivity index (χ4v) is 2.41. The maximum Gasteiger partial charge on any atom is 0.0236 e. The Morgan fingerprint density at radius 1 is 1.19 bits per heavy atom. The molecule has 0 spiro atoms. The lowest BCUT2D eigenvalue weighted by Gasteiger charge is -2.33. The average molecular weight is 218 g/mol. The molecular formula is C14H22N2. The van der Waals surface area contributed by atoms with Gasteiger partial charge in [-0.15, -0.1) is 0 Å². The van der Waals surface area contributed by atoms with Crippen molar-refractivity contribution in [3.05, 3.63) is 35.4 Å². The number of hydrogen-bond acceptors (Lipinski definition) is 2. The van der Waals surface area contributed by atoms with Crippen LogP contribution in [0.4, 0.5) is 0 Å². The van der Waals surface area contributed by atoms with Crippen LogP contribution in [0.1, 0.15) is 37.3 Å². The van der Waals surface area contributed by atoms with Crippen LogP contribution in [0, 0.1) is 0 Å². The Hall–Kier alpha value is -0.860. The van der Waals surface area contributed by atoms with Crippen LogP contribution in [-0.2, 0) is 13.1 Å². The predicted octanol–water partition coefficient (Wildman–Crippen LogP) is 2.52. The number of nitrogens with zero attached hydrogens (tertiary/aromatic N) is 1.